The highest BCUT2D eigenvalue weighted by molar-refractivity contribution is 7.88. The monoisotopic (exact) mass is 405 g/mol. The summed E-state index contributed by atoms with van der Waals surface area (Å²) >= 11 is 0. The predicted octanol–water partition coefficient (Wildman–Crippen LogP) is 1.23. The molecule has 1 atom stereocenters. The molecule has 2 saturated heterocycles. The maximum atomic E-state index is 11.5. The van der Waals surface area contributed by atoms with E-state index in [0.717, 1.165) is 61.7 Å². The Morgan fingerprint density at radius 1 is 1.14 bits per heavy atom. The van der Waals surface area contributed by atoms with Crippen molar-refractivity contribution in [1.29, 1.82) is 0 Å². The number of morpholine rings is 1. The van der Waals surface area contributed by atoms with Gasteiger partial charge in [0.05, 0.1) is 25.0 Å². The van der Waals surface area contributed by atoms with Gasteiger partial charge in [-0.2, -0.15) is 4.98 Å². The third-order valence-electron chi connectivity index (χ3n) is 5.32. The molecule has 2 aromatic rings. The van der Waals surface area contributed by atoms with E-state index in [4.69, 9.17) is 14.7 Å². The van der Waals surface area contributed by atoms with Gasteiger partial charge in [0.15, 0.2) is 0 Å². The topological polar surface area (TPSA) is 87.7 Å². The first kappa shape index (κ1) is 19.4. The van der Waals surface area contributed by atoms with E-state index in [-0.39, 0.29) is 5.92 Å². The maximum Gasteiger partial charge on any atom is 0.228 e. The van der Waals surface area contributed by atoms with Crippen molar-refractivity contribution in [3.8, 4) is 0 Å². The van der Waals surface area contributed by atoms with Crippen molar-refractivity contribution in [2.24, 2.45) is 5.92 Å². The van der Waals surface area contributed by atoms with E-state index in [9.17, 15) is 8.42 Å². The summed E-state index contributed by atoms with van der Waals surface area (Å²) in [5.41, 5.74) is 0.936. The van der Waals surface area contributed by atoms with Gasteiger partial charge in [0.25, 0.3) is 0 Å². The van der Waals surface area contributed by atoms with Gasteiger partial charge in [-0.05, 0) is 30.9 Å². The Bertz CT molecular complexity index is 930. The highest BCUT2D eigenvalue weighted by Crippen LogP contribution is 2.30. The van der Waals surface area contributed by atoms with Gasteiger partial charge in [0, 0.05) is 38.1 Å². The molecule has 1 aromatic heterocycles. The molecule has 28 heavy (non-hydrogen) atoms. The number of anilines is 2. The van der Waals surface area contributed by atoms with Crippen molar-refractivity contribution in [2.45, 2.75) is 12.8 Å². The molecule has 2 aliphatic rings. The van der Waals surface area contributed by atoms with Crippen LogP contribution in [0.5, 0.6) is 0 Å². The molecular formula is C19H27N5O3S. The van der Waals surface area contributed by atoms with E-state index in [0.29, 0.717) is 19.8 Å². The zero-order valence-electron chi connectivity index (χ0n) is 16.2. The number of ether oxygens (including phenoxy) is 1. The average molecular weight is 406 g/mol. The molecule has 152 valence electrons. The number of para-hydroxylation sites is 1. The van der Waals surface area contributed by atoms with Gasteiger partial charge in [-0.1, -0.05) is 12.1 Å². The summed E-state index contributed by atoms with van der Waals surface area (Å²) in [7, 11) is -3.17. The summed E-state index contributed by atoms with van der Waals surface area (Å²) in [5, 5.41) is 1.04. The number of nitrogens with one attached hydrogen (secondary N) is 1. The molecule has 0 aliphatic carbocycles. The Morgan fingerprint density at radius 3 is 2.71 bits per heavy atom. The van der Waals surface area contributed by atoms with Crippen LogP contribution in [0, 0.1) is 5.92 Å². The zero-order valence-corrected chi connectivity index (χ0v) is 17.0. The van der Waals surface area contributed by atoms with Gasteiger partial charge >= 0.3 is 0 Å². The Hall–Kier alpha value is -1.97. The van der Waals surface area contributed by atoms with Crippen molar-refractivity contribution >= 4 is 32.7 Å². The molecule has 4 rings (SSSR count). The van der Waals surface area contributed by atoms with Crippen molar-refractivity contribution in [2.75, 3.05) is 62.0 Å². The number of rotatable bonds is 5. The number of aromatic nitrogens is 2. The Labute approximate surface area is 165 Å². The molecule has 0 radical (unpaired) electrons. The summed E-state index contributed by atoms with van der Waals surface area (Å²) in [6, 6.07) is 8.09. The lowest BCUT2D eigenvalue weighted by Crippen LogP contribution is -2.42. The van der Waals surface area contributed by atoms with E-state index in [1.807, 2.05) is 18.2 Å². The zero-order chi connectivity index (χ0) is 19.6. The van der Waals surface area contributed by atoms with E-state index in [1.165, 1.54) is 6.26 Å². The third kappa shape index (κ3) is 4.53. The first-order chi connectivity index (χ1) is 13.5. The number of hydrogen-bond acceptors (Lipinski definition) is 7. The second kappa shape index (κ2) is 8.18. The lowest BCUT2D eigenvalue weighted by molar-refractivity contribution is 0.122. The predicted molar refractivity (Wildman–Crippen MR) is 110 cm³/mol. The molecule has 1 N–H and O–H groups in total. The second-order valence-corrected chi connectivity index (χ2v) is 9.37. The van der Waals surface area contributed by atoms with Crippen molar-refractivity contribution < 1.29 is 13.2 Å². The number of hydrogen-bond donors (Lipinski definition) is 1. The minimum absolute atomic E-state index is 0.268. The first-order valence-electron chi connectivity index (χ1n) is 9.79. The van der Waals surface area contributed by atoms with Gasteiger partial charge in [0.2, 0.25) is 16.0 Å². The van der Waals surface area contributed by atoms with Crippen molar-refractivity contribution in [1.82, 2.24) is 14.7 Å². The van der Waals surface area contributed by atoms with Gasteiger partial charge in [-0.25, -0.2) is 18.1 Å². The van der Waals surface area contributed by atoms with Crippen LogP contribution in [-0.4, -0.2) is 70.6 Å². The van der Waals surface area contributed by atoms with Crippen molar-refractivity contribution in [3.05, 3.63) is 24.3 Å². The fraction of sp³-hybridized carbons (Fsp3) is 0.579. The number of benzene rings is 1. The summed E-state index contributed by atoms with van der Waals surface area (Å²) in [6.07, 6.45) is 3.24. The lowest BCUT2D eigenvalue weighted by Gasteiger charge is -2.35. The molecule has 0 spiro atoms. The average Bonchev–Trinajstić information content (AvgIpc) is 2.72. The molecule has 8 nitrogen and oxygen atoms in total. The molecule has 9 heteroatoms. The standard InChI is InChI=1S/C19H27N5O3S/c1-28(25,26)20-13-15-5-4-8-24(14-15)18-16-6-2-3-7-17(16)21-19(22-18)23-9-11-27-12-10-23/h2-3,6-7,15,20H,4-5,8-14H2,1H3. The Morgan fingerprint density at radius 2 is 1.93 bits per heavy atom. The Balaban J connectivity index is 1.62. The molecule has 1 aromatic carbocycles. The highest BCUT2D eigenvalue weighted by Gasteiger charge is 2.25. The summed E-state index contributed by atoms with van der Waals surface area (Å²) < 4.78 is 31.0. The number of fused-ring (bicyclic) bond motifs is 1. The van der Waals surface area contributed by atoms with Gasteiger partial charge in [-0.3, -0.25) is 0 Å². The van der Waals surface area contributed by atoms with Gasteiger partial charge < -0.3 is 14.5 Å². The van der Waals surface area contributed by atoms with Gasteiger partial charge in [0.1, 0.15) is 5.82 Å². The van der Waals surface area contributed by atoms with E-state index in [2.05, 4.69) is 20.6 Å². The number of nitrogens with zero attached hydrogens (tertiary/aromatic N) is 4. The van der Waals surface area contributed by atoms with Crippen LogP contribution in [0.3, 0.4) is 0 Å². The van der Waals surface area contributed by atoms with Crippen LogP contribution in [0.15, 0.2) is 24.3 Å². The first-order valence-corrected chi connectivity index (χ1v) is 11.7. The van der Waals surface area contributed by atoms with Crippen LogP contribution in [0.25, 0.3) is 10.9 Å². The highest BCUT2D eigenvalue weighted by atomic mass is 32.2. The van der Waals surface area contributed by atoms with Crippen LogP contribution in [0.1, 0.15) is 12.8 Å². The molecule has 2 aliphatic heterocycles. The molecular weight excluding hydrogens is 378 g/mol. The van der Waals surface area contributed by atoms with Crippen LogP contribution in [-0.2, 0) is 14.8 Å². The number of piperidine rings is 1. The third-order valence-corrected chi connectivity index (χ3v) is 6.01. The number of sulfonamides is 1. The SMILES string of the molecule is CS(=O)(=O)NCC1CCCN(c2nc(N3CCOCC3)nc3ccccc23)C1. The van der Waals surface area contributed by atoms with Crippen LogP contribution < -0.4 is 14.5 Å². The van der Waals surface area contributed by atoms with E-state index < -0.39 is 10.0 Å². The summed E-state index contributed by atoms with van der Waals surface area (Å²) in [6.45, 7) is 5.12. The largest absolute Gasteiger partial charge is 0.378 e. The van der Waals surface area contributed by atoms with Crippen LogP contribution >= 0.6 is 0 Å². The molecule has 3 heterocycles. The van der Waals surface area contributed by atoms with E-state index in [1.54, 1.807) is 0 Å². The van der Waals surface area contributed by atoms with Crippen LogP contribution in [0.2, 0.25) is 0 Å². The summed E-state index contributed by atoms with van der Waals surface area (Å²) in [4.78, 5) is 14.2. The van der Waals surface area contributed by atoms with Crippen molar-refractivity contribution in [3.63, 3.8) is 0 Å². The summed E-state index contributed by atoms with van der Waals surface area (Å²) in [5.74, 6) is 1.95. The van der Waals surface area contributed by atoms with Crippen LogP contribution in [0.4, 0.5) is 11.8 Å². The smallest absolute Gasteiger partial charge is 0.228 e. The minimum atomic E-state index is -3.17. The quantitative estimate of drug-likeness (QED) is 0.800. The molecule has 2 fully saturated rings. The van der Waals surface area contributed by atoms with Gasteiger partial charge in [-0.15, -0.1) is 0 Å². The fourth-order valence-corrected chi connectivity index (χ4v) is 4.43. The normalized spacial score (nSPS) is 21.2. The Kier molecular flexibility index (Phi) is 5.65. The maximum absolute atomic E-state index is 11.5. The molecule has 0 saturated carbocycles. The minimum Gasteiger partial charge on any atom is -0.378 e. The molecule has 0 bridgehead atoms. The molecule has 0 amide bonds. The lowest BCUT2D eigenvalue weighted by atomic mass is 9.98. The molecule has 1 unspecified atom stereocenters. The van der Waals surface area contributed by atoms with E-state index >= 15 is 0 Å². The fourth-order valence-electron chi connectivity index (χ4n) is 3.89. The second-order valence-electron chi connectivity index (χ2n) is 7.54.